The van der Waals surface area contributed by atoms with Crippen molar-refractivity contribution in [3.63, 3.8) is 0 Å². The second kappa shape index (κ2) is 7.98. The molecule has 1 unspecified atom stereocenters. The Morgan fingerprint density at radius 2 is 1.54 bits per heavy atom. The van der Waals surface area contributed by atoms with Gasteiger partial charge in [-0.1, -0.05) is 12.1 Å². The highest BCUT2D eigenvalue weighted by Crippen LogP contribution is 2.23. The van der Waals surface area contributed by atoms with Crippen LogP contribution in [0.25, 0.3) is 0 Å². The SMILES string of the molecule is COc1ccc(C(=NNC(N)=O)C(O)c2ccc(OC)cc2)cc1. The number of ether oxygens (including phenoxy) is 2. The Kier molecular flexibility index (Phi) is 5.75. The normalized spacial score (nSPS) is 12.4. The molecule has 2 aromatic rings. The molecule has 0 aliphatic heterocycles. The van der Waals surface area contributed by atoms with Gasteiger partial charge < -0.3 is 20.3 Å². The minimum absolute atomic E-state index is 0.251. The first kappa shape index (κ1) is 17.3. The van der Waals surface area contributed by atoms with Crippen LogP contribution in [0.5, 0.6) is 11.5 Å². The molecule has 0 spiro atoms. The Labute approximate surface area is 139 Å². The van der Waals surface area contributed by atoms with Gasteiger partial charge in [-0.15, -0.1) is 0 Å². The molecule has 0 aliphatic rings. The summed E-state index contributed by atoms with van der Waals surface area (Å²) >= 11 is 0. The van der Waals surface area contributed by atoms with Gasteiger partial charge in [-0.25, -0.2) is 10.2 Å². The summed E-state index contributed by atoms with van der Waals surface area (Å²) in [6.07, 6.45) is -1.06. The summed E-state index contributed by atoms with van der Waals surface area (Å²) in [7, 11) is 3.12. The van der Waals surface area contributed by atoms with Crippen LogP contribution >= 0.6 is 0 Å². The van der Waals surface area contributed by atoms with E-state index in [0.29, 0.717) is 22.6 Å². The molecule has 24 heavy (non-hydrogen) atoms. The molecule has 0 saturated carbocycles. The standard InChI is InChI=1S/C17H19N3O4/c1-23-13-7-3-11(4-8-13)15(19-20-17(18)22)16(21)12-5-9-14(24-2)10-6-12/h3-10,16,21H,1-2H3,(H3,18,20,22). The molecule has 4 N–H and O–H groups in total. The number of benzene rings is 2. The van der Waals surface area contributed by atoms with Gasteiger partial charge in [0.15, 0.2) is 0 Å². The van der Waals surface area contributed by atoms with Gasteiger partial charge in [0.2, 0.25) is 0 Å². The van der Waals surface area contributed by atoms with Crippen LogP contribution in [0.2, 0.25) is 0 Å². The van der Waals surface area contributed by atoms with Gasteiger partial charge in [-0.05, 0) is 42.0 Å². The van der Waals surface area contributed by atoms with Gasteiger partial charge in [0.05, 0.1) is 14.2 Å². The lowest BCUT2D eigenvalue weighted by Crippen LogP contribution is -2.27. The minimum Gasteiger partial charge on any atom is -0.497 e. The van der Waals surface area contributed by atoms with Crippen molar-refractivity contribution in [2.45, 2.75) is 6.10 Å². The summed E-state index contributed by atoms with van der Waals surface area (Å²) < 4.78 is 10.2. The number of rotatable bonds is 6. The van der Waals surface area contributed by atoms with E-state index in [9.17, 15) is 9.90 Å². The third kappa shape index (κ3) is 4.23. The van der Waals surface area contributed by atoms with Crippen molar-refractivity contribution >= 4 is 11.7 Å². The fourth-order valence-corrected chi connectivity index (χ4v) is 2.10. The Balaban J connectivity index is 2.36. The zero-order chi connectivity index (χ0) is 17.5. The number of carbonyl (C=O) groups is 1. The van der Waals surface area contributed by atoms with Crippen LogP contribution in [0.1, 0.15) is 17.2 Å². The summed E-state index contributed by atoms with van der Waals surface area (Å²) in [6.45, 7) is 0. The number of aliphatic hydroxyl groups is 1. The number of hydrogen-bond donors (Lipinski definition) is 3. The van der Waals surface area contributed by atoms with Crippen molar-refractivity contribution in [1.82, 2.24) is 5.43 Å². The maximum atomic E-state index is 11.0. The number of primary amides is 1. The van der Waals surface area contributed by atoms with Gasteiger partial charge in [-0.2, -0.15) is 5.10 Å². The number of nitrogens with two attached hydrogens (primary N) is 1. The molecule has 126 valence electrons. The van der Waals surface area contributed by atoms with Crippen molar-refractivity contribution in [3.8, 4) is 11.5 Å². The van der Waals surface area contributed by atoms with Crippen LogP contribution in [0.15, 0.2) is 53.6 Å². The molecule has 2 amide bonds. The quantitative estimate of drug-likeness (QED) is 0.555. The number of amides is 2. The lowest BCUT2D eigenvalue weighted by Gasteiger charge is -2.15. The average molecular weight is 329 g/mol. The van der Waals surface area contributed by atoms with E-state index in [1.54, 1.807) is 62.8 Å². The number of nitrogens with one attached hydrogen (secondary N) is 1. The first-order chi connectivity index (χ1) is 11.5. The van der Waals surface area contributed by atoms with Gasteiger partial charge >= 0.3 is 6.03 Å². The summed E-state index contributed by atoms with van der Waals surface area (Å²) in [5.41, 5.74) is 8.69. The molecule has 2 rings (SSSR count). The maximum Gasteiger partial charge on any atom is 0.332 e. The monoisotopic (exact) mass is 329 g/mol. The van der Waals surface area contributed by atoms with Crippen LogP contribution in [0.4, 0.5) is 4.79 Å². The summed E-state index contributed by atoms with van der Waals surface area (Å²) in [6, 6.07) is 13.0. The number of hydrogen-bond acceptors (Lipinski definition) is 5. The fraction of sp³-hybridized carbons (Fsp3) is 0.176. The third-order valence-corrected chi connectivity index (χ3v) is 3.36. The van der Waals surface area contributed by atoms with Gasteiger partial charge in [0.25, 0.3) is 0 Å². The Morgan fingerprint density at radius 3 is 2.00 bits per heavy atom. The second-order valence-electron chi connectivity index (χ2n) is 4.88. The molecule has 0 fully saturated rings. The van der Waals surface area contributed by atoms with E-state index in [2.05, 4.69) is 10.5 Å². The largest absolute Gasteiger partial charge is 0.497 e. The zero-order valence-corrected chi connectivity index (χ0v) is 13.4. The van der Waals surface area contributed by atoms with Crippen molar-refractivity contribution in [2.75, 3.05) is 14.2 Å². The van der Waals surface area contributed by atoms with Crippen LogP contribution in [-0.2, 0) is 0 Å². The van der Waals surface area contributed by atoms with E-state index in [0.717, 1.165) is 0 Å². The smallest absolute Gasteiger partial charge is 0.332 e. The number of nitrogens with zero attached hydrogens (tertiary/aromatic N) is 1. The third-order valence-electron chi connectivity index (χ3n) is 3.36. The van der Waals surface area contributed by atoms with Crippen molar-refractivity contribution in [2.24, 2.45) is 10.8 Å². The molecule has 7 heteroatoms. The lowest BCUT2D eigenvalue weighted by atomic mass is 9.99. The molecule has 2 aromatic carbocycles. The van der Waals surface area contributed by atoms with E-state index in [1.807, 2.05) is 0 Å². The number of carbonyl (C=O) groups excluding carboxylic acids is 1. The van der Waals surface area contributed by atoms with Crippen molar-refractivity contribution < 1.29 is 19.4 Å². The highest BCUT2D eigenvalue weighted by Gasteiger charge is 2.18. The fourth-order valence-electron chi connectivity index (χ4n) is 2.10. The molecule has 0 heterocycles. The molecule has 0 aromatic heterocycles. The van der Waals surface area contributed by atoms with Gasteiger partial charge in [0.1, 0.15) is 23.3 Å². The Bertz CT molecular complexity index is 712. The molecule has 0 bridgehead atoms. The number of hydrazone groups is 1. The summed E-state index contributed by atoms with van der Waals surface area (Å²) in [4.78, 5) is 11.0. The molecular weight excluding hydrogens is 310 g/mol. The van der Waals surface area contributed by atoms with Crippen LogP contribution in [-0.4, -0.2) is 31.1 Å². The topological polar surface area (TPSA) is 106 Å². The van der Waals surface area contributed by atoms with Crippen molar-refractivity contribution in [1.29, 1.82) is 0 Å². The van der Waals surface area contributed by atoms with E-state index in [1.165, 1.54) is 0 Å². The number of urea groups is 1. The molecule has 0 radical (unpaired) electrons. The Hall–Kier alpha value is -3.06. The van der Waals surface area contributed by atoms with Crippen LogP contribution in [0.3, 0.4) is 0 Å². The van der Waals surface area contributed by atoms with E-state index in [4.69, 9.17) is 15.2 Å². The average Bonchev–Trinajstić information content (AvgIpc) is 2.62. The highest BCUT2D eigenvalue weighted by molar-refractivity contribution is 6.04. The number of methoxy groups -OCH3 is 2. The van der Waals surface area contributed by atoms with E-state index < -0.39 is 12.1 Å². The predicted octanol–water partition coefficient (Wildman–Crippen LogP) is 1.81. The van der Waals surface area contributed by atoms with Gasteiger partial charge in [-0.3, -0.25) is 0 Å². The molecule has 0 aliphatic carbocycles. The molecular formula is C17H19N3O4. The zero-order valence-electron chi connectivity index (χ0n) is 13.4. The first-order valence-corrected chi connectivity index (χ1v) is 7.14. The van der Waals surface area contributed by atoms with Gasteiger partial charge in [0, 0.05) is 5.56 Å². The number of aliphatic hydroxyl groups excluding tert-OH is 1. The molecule has 1 atom stereocenters. The lowest BCUT2D eigenvalue weighted by molar-refractivity contribution is 0.244. The van der Waals surface area contributed by atoms with E-state index in [-0.39, 0.29) is 5.71 Å². The molecule has 0 saturated heterocycles. The molecule has 7 nitrogen and oxygen atoms in total. The minimum atomic E-state index is -1.06. The summed E-state index contributed by atoms with van der Waals surface area (Å²) in [5.74, 6) is 1.34. The van der Waals surface area contributed by atoms with Crippen molar-refractivity contribution in [3.05, 3.63) is 59.7 Å². The highest BCUT2D eigenvalue weighted by atomic mass is 16.5. The van der Waals surface area contributed by atoms with Crippen LogP contribution in [0, 0.1) is 0 Å². The van der Waals surface area contributed by atoms with E-state index >= 15 is 0 Å². The second-order valence-corrected chi connectivity index (χ2v) is 4.88. The first-order valence-electron chi connectivity index (χ1n) is 7.14. The maximum absolute atomic E-state index is 11.0. The summed E-state index contributed by atoms with van der Waals surface area (Å²) in [5, 5.41) is 14.6. The Morgan fingerprint density at radius 1 is 1.04 bits per heavy atom. The predicted molar refractivity (Wildman–Crippen MR) is 90.2 cm³/mol. The van der Waals surface area contributed by atoms with Crippen LogP contribution < -0.4 is 20.6 Å².